The van der Waals surface area contributed by atoms with Crippen molar-refractivity contribution in [2.45, 2.75) is 0 Å². The average Bonchev–Trinajstić information content (AvgIpc) is 2.73. The van der Waals surface area contributed by atoms with Gasteiger partial charge in [-0.3, -0.25) is 0 Å². The van der Waals surface area contributed by atoms with Crippen LogP contribution in [0.25, 0.3) is 33.4 Å². The van der Waals surface area contributed by atoms with Crippen molar-refractivity contribution in [1.29, 1.82) is 0 Å². The summed E-state index contributed by atoms with van der Waals surface area (Å²) in [5, 5.41) is 0. The van der Waals surface area contributed by atoms with Crippen molar-refractivity contribution in [3.63, 3.8) is 0 Å². The largest absolute Gasteiger partial charge is 0.399 e. The molecule has 0 saturated carbocycles. The third kappa shape index (κ3) is 3.01. The van der Waals surface area contributed by atoms with Crippen molar-refractivity contribution in [1.82, 2.24) is 0 Å². The average molecular weight is 366 g/mol. The number of hydrogen-bond acceptors (Lipinski definition) is 4. The lowest BCUT2D eigenvalue weighted by Gasteiger charge is -2.17. The fourth-order valence-corrected chi connectivity index (χ4v) is 3.50. The summed E-state index contributed by atoms with van der Waals surface area (Å²) >= 11 is 0. The van der Waals surface area contributed by atoms with E-state index < -0.39 is 0 Å². The molecule has 4 aromatic carbocycles. The van der Waals surface area contributed by atoms with Gasteiger partial charge in [0.2, 0.25) is 0 Å². The zero-order valence-electron chi connectivity index (χ0n) is 15.4. The molecule has 0 aliphatic carbocycles. The Morgan fingerprint density at radius 3 is 1.79 bits per heavy atom. The molecule has 28 heavy (non-hydrogen) atoms. The molecule has 0 unspecified atom stereocenters. The van der Waals surface area contributed by atoms with E-state index in [4.69, 9.17) is 22.9 Å². The van der Waals surface area contributed by atoms with Crippen LogP contribution in [-0.2, 0) is 0 Å². The molecule has 4 rings (SSSR count). The SMILES string of the molecule is Nc1ccc(-c2ccc(N)c(N)c2N)c(-c2ccccc2-c2ccccc2)c1. The summed E-state index contributed by atoms with van der Waals surface area (Å²) in [6, 6.07) is 28.0. The molecule has 0 radical (unpaired) electrons. The summed E-state index contributed by atoms with van der Waals surface area (Å²) in [5.41, 5.74) is 32.6. The van der Waals surface area contributed by atoms with E-state index in [1.54, 1.807) is 6.07 Å². The lowest BCUT2D eigenvalue weighted by Crippen LogP contribution is -2.02. The first kappa shape index (κ1) is 17.5. The number of nitrogen functional groups attached to an aromatic ring is 4. The van der Waals surface area contributed by atoms with Crippen molar-refractivity contribution in [2.75, 3.05) is 22.9 Å². The van der Waals surface area contributed by atoms with Crippen LogP contribution >= 0.6 is 0 Å². The molecule has 4 aromatic rings. The second-order valence-electron chi connectivity index (χ2n) is 6.75. The third-order valence-electron chi connectivity index (χ3n) is 4.96. The summed E-state index contributed by atoms with van der Waals surface area (Å²) in [6.07, 6.45) is 0. The number of nitrogens with two attached hydrogens (primary N) is 4. The molecular formula is C24H22N4. The molecule has 0 heterocycles. The molecule has 0 bridgehead atoms. The molecule has 0 fully saturated rings. The van der Waals surface area contributed by atoms with Gasteiger partial charge in [0.25, 0.3) is 0 Å². The van der Waals surface area contributed by atoms with Gasteiger partial charge in [-0.1, -0.05) is 66.7 Å². The number of benzene rings is 4. The Labute approximate surface area is 164 Å². The Morgan fingerprint density at radius 1 is 0.429 bits per heavy atom. The van der Waals surface area contributed by atoms with Gasteiger partial charge < -0.3 is 22.9 Å². The van der Waals surface area contributed by atoms with Gasteiger partial charge in [0.1, 0.15) is 0 Å². The van der Waals surface area contributed by atoms with Crippen molar-refractivity contribution in [3.05, 3.63) is 84.9 Å². The molecule has 8 N–H and O–H groups in total. The first-order chi connectivity index (χ1) is 13.6. The minimum Gasteiger partial charge on any atom is -0.399 e. The van der Waals surface area contributed by atoms with Crippen molar-refractivity contribution in [3.8, 4) is 33.4 Å². The smallest absolute Gasteiger partial charge is 0.0787 e. The van der Waals surface area contributed by atoms with E-state index in [2.05, 4.69) is 24.3 Å². The zero-order chi connectivity index (χ0) is 19.7. The molecule has 4 heteroatoms. The topological polar surface area (TPSA) is 104 Å². The van der Waals surface area contributed by atoms with E-state index in [1.807, 2.05) is 54.6 Å². The van der Waals surface area contributed by atoms with E-state index in [0.29, 0.717) is 22.7 Å². The second kappa shape index (κ2) is 7.00. The molecule has 0 atom stereocenters. The highest BCUT2D eigenvalue weighted by Gasteiger charge is 2.16. The number of hydrogen-bond donors (Lipinski definition) is 4. The van der Waals surface area contributed by atoms with Crippen molar-refractivity contribution in [2.24, 2.45) is 0 Å². The van der Waals surface area contributed by atoms with Gasteiger partial charge in [0.05, 0.1) is 17.1 Å². The van der Waals surface area contributed by atoms with E-state index >= 15 is 0 Å². The first-order valence-corrected chi connectivity index (χ1v) is 9.04. The molecule has 0 spiro atoms. The molecule has 0 aliphatic rings. The van der Waals surface area contributed by atoms with Gasteiger partial charge in [-0.15, -0.1) is 0 Å². The predicted octanol–water partition coefficient (Wildman–Crippen LogP) is 5.02. The van der Waals surface area contributed by atoms with Crippen LogP contribution in [0.1, 0.15) is 0 Å². The number of anilines is 4. The Hall–Kier alpha value is -3.92. The molecule has 0 amide bonds. The second-order valence-corrected chi connectivity index (χ2v) is 6.75. The highest BCUT2D eigenvalue weighted by atomic mass is 14.7. The number of rotatable bonds is 3. The Bertz CT molecular complexity index is 1150. The summed E-state index contributed by atoms with van der Waals surface area (Å²) in [7, 11) is 0. The maximum atomic E-state index is 6.31. The molecule has 4 nitrogen and oxygen atoms in total. The molecule has 0 saturated heterocycles. The fourth-order valence-electron chi connectivity index (χ4n) is 3.50. The highest BCUT2D eigenvalue weighted by molar-refractivity contribution is 5.98. The van der Waals surface area contributed by atoms with E-state index in [1.165, 1.54) is 0 Å². The van der Waals surface area contributed by atoms with Crippen molar-refractivity contribution >= 4 is 22.7 Å². The highest BCUT2D eigenvalue weighted by Crippen LogP contribution is 2.42. The molecule has 138 valence electrons. The normalized spacial score (nSPS) is 10.7. The summed E-state index contributed by atoms with van der Waals surface area (Å²) in [6.45, 7) is 0. The Kier molecular flexibility index (Phi) is 4.38. The summed E-state index contributed by atoms with van der Waals surface area (Å²) in [5.74, 6) is 0. The summed E-state index contributed by atoms with van der Waals surface area (Å²) in [4.78, 5) is 0. The Morgan fingerprint density at radius 2 is 1.04 bits per heavy atom. The third-order valence-corrected chi connectivity index (χ3v) is 4.96. The zero-order valence-corrected chi connectivity index (χ0v) is 15.4. The van der Waals surface area contributed by atoms with E-state index in [-0.39, 0.29) is 0 Å². The van der Waals surface area contributed by atoms with Crippen molar-refractivity contribution < 1.29 is 0 Å². The molecule has 0 aliphatic heterocycles. The van der Waals surface area contributed by atoms with Gasteiger partial charge in [-0.2, -0.15) is 0 Å². The lowest BCUT2D eigenvalue weighted by atomic mass is 9.88. The van der Waals surface area contributed by atoms with Crippen LogP contribution in [0.2, 0.25) is 0 Å². The monoisotopic (exact) mass is 366 g/mol. The van der Waals surface area contributed by atoms with Crippen LogP contribution in [-0.4, -0.2) is 0 Å². The molecule has 0 aromatic heterocycles. The van der Waals surface area contributed by atoms with Crippen LogP contribution in [0.3, 0.4) is 0 Å². The minimum atomic E-state index is 0.400. The molecular weight excluding hydrogens is 344 g/mol. The van der Waals surface area contributed by atoms with Crippen LogP contribution < -0.4 is 22.9 Å². The quantitative estimate of drug-likeness (QED) is 0.382. The van der Waals surface area contributed by atoms with E-state index in [0.717, 1.165) is 33.4 Å². The predicted molar refractivity (Wildman–Crippen MR) is 120 cm³/mol. The first-order valence-electron chi connectivity index (χ1n) is 9.04. The van der Waals surface area contributed by atoms with E-state index in [9.17, 15) is 0 Å². The van der Waals surface area contributed by atoms with Gasteiger partial charge >= 0.3 is 0 Å². The minimum absolute atomic E-state index is 0.400. The van der Waals surface area contributed by atoms with Crippen LogP contribution in [0.15, 0.2) is 84.9 Å². The van der Waals surface area contributed by atoms with Crippen LogP contribution in [0.5, 0.6) is 0 Å². The van der Waals surface area contributed by atoms with Gasteiger partial charge in [0.15, 0.2) is 0 Å². The maximum Gasteiger partial charge on any atom is 0.0787 e. The Balaban J connectivity index is 1.99. The standard InChI is InChI=1S/C24H22N4/c25-16-10-11-19(20-12-13-22(26)24(28)23(20)27)21(14-16)18-9-5-4-8-17(18)15-6-2-1-3-7-15/h1-14H,25-28H2. The maximum absolute atomic E-state index is 6.31. The van der Waals surface area contributed by atoms with Crippen LogP contribution in [0, 0.1) is 0 Å². The lowest BCUT2D eigenvalue weighted by molar-refractivity contribution is 1.55. The fraction of sp³-hybridized carbons (Fsp3) is 0. The summed E-state index contributed by atoms with van der Waals surface area (Å²) < 4.78 is 0. The van der Waals surface area contributed by atoms with Gasteiger partial charge in [-0.25, -0.2) is 0 Å². The van der Waals surface area contributed by atoms with Crippen LogP contribution in [0.4, 0.5) is 22.7 Å². The van der Waals surface area contributed by atoms with Gasteiger partial charge in [-0.05, 0) is 46.0 Å². The van der Waals surface area contributed by atoms with Gasteiger partial charge in [0, 0.05) is 11.3 Å².